The van der Waals surface area contributed by atoms with E-state index in [2.05, 4.69) is 20.1 Å². The van der Waals surface area contributed by atoms with Crippen molar-refractivity contribution in [1.82, 2.24) is 15.1 Å². The van der Waals surface area contributed by atoms with E-state index in [1.54, 1.807) is 20.0 Å². The second-order valence-electron chi connectivity index (χ2n) is 6.90. The first-order valence-corrected chi connectivity index (χ1v) is 8.47. The van der Waals surface area contributed by atoms with E-state index >= 15 is 0 Å². The van der Waals surface area contributed by atoms with Crippen molar-refractivity contribution >= 4 is 5.90 Å². The Morgan fingerprint density at radius 3 is 2.74 bits per heavy atom. The summed E-state index contributed by atoms with van der Waals surface area (Å²) in [6, 6.07) is 1.45. The van der Waals surface area contributed by atoms with E-state index in [0.29, 0.717) is 23.0 Å². The summed E-state index contributed by atoms with van der Waals surface area (Å²) >= 11 is 0. The Balaban J connectivity index is 1.63. The van der Waals surface area contributed by atoms with Gasteiger partial charge in [0.1, 0.15) is 18.1 Å². The molecule has 3 heterocycles. The third-order valence-corrected chi connectivity index (χ3v) is 4.37. The first kappa shape index (κ1) is 17.7. The molecule has 1 unspecified atom stereocenters. The van der Waals surface area contributed by atoms with Crippen LogP contribution in [0, 0.1) is 6.92 Å². The minimum Gasteiger partial charge on any atom is -0.484 e. The van der Waals surface area contributed by atoms with Crippen LogP contribution in [-0.4, -0.2) is 40.4 Å². The van der Waals surface area contributed by atoms with Crippen molar-refractivity contribution < 1.29 is 27.2 Å². The minimum atomic E-state index is -4.42. The molecule has 1 fully saturated rings. The number of aliphatic imine (C=N–C) groups is 1. The molecule has 10 heteroatoms. The Morgan fingerprint density at radius 1 is 1.33 bits per heavy atom. The van der Waals surface area contributed by atoms with E-state index < -0.39 is 18.3 Å². The van der Waals surface area contributed by atoms with Gasteiger partial charge >= 0.3 is 6.18 Å². The van der Waals surface area contributed by atoms with Crippen molar-refractivity contribution in [1.29, 1.82) is 0 Å². The summed E-state index contributed by atoms with van der Waals surface area (Å²) < 4.78 is 53.3. The van der Waals surface area contributed by atoms with Gasteiger partial charge in [0.05, 0.1) is 0 Å². The molecule has 4 rings (SSSR count). The van der Waals surface area contributed by atoms with Gasteiger partial charge in [0.15, 0.2) is 12.1 Å². The zero-order valence-corrected chi connectivity index (χ0v) is 14.7. The van der Waals surface area contributed by atoms with E-state index in [1.165, 1.54) is 6.07 Å². The number of nitrogens with zero attached hydrogens (tertiary/aromatic N) is 4. The molecule has 0 amide bonds. The number of pyridine rings is 1. The van der Waals surface area contributed by atoms with Crippen LogP contribution in [-0.2, 0) is 10.3 Å². The first-order chi connectivity index (χ1) is 12.7. The Kier molecular flexibility index (Phi) is 4.08. The average Bonchev–Trinajstić information content (AvgIpc) is 3.23. The van der Waals surface area contributed by atoms with E-state index in [9.17, 15) is 13.2 Å². The number of hydrogen-bond donors (Lipinski definition) is 0. The smallest absolute Gasteiger partial charge is 0.422 e. The van der Waals surface area contributed by atoms with Gasteiger partial charge in [0.25, 0.3) is 0 Å². The molecule has 0 saturated heterocycles. The number of aromatic nitrogens is 3. The van der Waals surface area contributed by atoms with Crippen LogP contribution in [0.2, 0.25) is 0 Å². The van der Waals surface area contributed by atoms with Gasteiger partial charge in [-0.05, 0) is 25.7 Å². The molecule has 144 valence electrons. The van der Waals surface area contributed by atoms with E-state index in [1.807, 2.05) is 0 Å². The quantitative estimate of drug-likeness (QED) is 0.789. The zero-order chi connectivity index (χ0) is 19.2. The van der Waals surface area contributed by atoms with Crippen LogP contribution >= 0.6 is 0 Å². The average molecular weight is 382 g/mol. The lowest BCUT2D eigenvalue weighted by molar-refractivity contribution is -0.153. The molecule has 2 aromatic rings. The number of aryl methyl sites for hydroxylation is 1. The Morgan fingerprint density at radius 2 is 2.11 bits per heavy atom. The summed E-state index contributed by atoms with van der Waals surface area (Å²) in [5.41, 5.74) is 0.135. The lowest BCUT2D eigenvalue weighted by Crippen LogP contribution is -2.22. The highest BCUT2D eigenvalue weighted by Gasteiger charge is 2.39. The molecule has 2 aromatic heterocycles. The number of rotatable bonds is 5. The zero-order valence-electron chi connectivity index (χ0n) is 14.7. The van der Waals surface area contributed by atoms with Gasteiger partial charge in [-0.2, -0.15) is 18.2 Å². The fourth-order valence-corrected chi connectivity index (χ4v) is 2.81. The largest absolute Gasteiger partial charge is 0.484 e. The molecule has 2 aliphatic rings. The van der Waals surface area contributed by atoms with Crippen LogP contribution in [0.1, 0.15) is 48.7 Å². The normalized spacial score (nSPS) is 22.5. The standard InChI is InChI=1S/C17H17F3N4O3/c1-9-22-15(24-27-9)16(2)7-26-14(23-16)12-5-13(25-8-17(18,19)20)11(6-21-12)10-3-4-10/h5-6,10H,3-4,7-8H2,1-2H3. The highest BCUT2D eigenvalue weighted by atomic mass is 19.4. The summed E-state index contributed by atoms with van der Waals surface area (Å²) in [6.45, 7) is 2.27. The fourth-order valence-electron chi connectivity index (χ4n) is 2.81. The van der Waals surface area contributed by atoms with Gasteiger partial charge in [-0.25, -0.2) is 4.99 Å². The van der Waals surface area contributed by atoms with Crippen molar-refractivity contribution in [2.24, 2.45) is 4.99 Å². The van der Waals surface area contributed by atoms with Gasteiger partial charge in [-0.15, -0.1) is 0 Å². The van der Waals surface area contributed by atoms with Crippen LogP contribution in [0.3, 0.4) is 0 Å². The van der Waals surface area contributed by atoms with Gasteiger partial charge < -0.3 is 14.0 Å². The molecule has 1 atom stereocenters. The Hall–Kier alpha value is -2.65. The molecule has 0 radical (unpaired) electrons. The third-order valence-electron chi connectivity index (χ3n) is 4.37. The highest BCUT2D eigenvalue weighted by Crippen LogP contribution is 2.44. The second-order valence-corrected chi connectivity index (χ2v) is 6.90. The van der Waals surface area contributed by atoms with Gasteiger partial charge in [0.2, 0.25) is 17.6 Å². The van der Waals surface area contributed by atoms with E-state index in [-0.39, 0.29) is 24.2 Å². The molecular weight excluding hydrogens is 365 g/mol. The molecule has 7 nitrogen and oxygen atoms in total. The predicted molar refractivity (Wildman–Crippen MR) is 86.6 cm³/mol. The van der Waals surface area contributed by atoms with Crippen LogP contribution in [0.4, 0.5) is 13.2 Å². The van der Waals surface area contributed by atoms with Crippen molar-refractivity contribution in [3.05, 3.63) is 35.2 Å². The second kappa shape index (κ2) is 6.21. The van der Waals surface area contributed by atoms with Crippen molar-refractivity contribution in [3.8, 4) is 5.75 Å². The number of halogens is 3. The molecule has 1 aliphatic carbocycles. The van der Waals surface area contributed by atoms with Crippen molar-refractivity contribution in [2.45, 2.75) is 44.3 Å². The van der Waals surface area contributed by atoms with E-state index in [0.717, 1.165) is 12.8 Å². The molecule has 0 aromatic carbocycles. The van der Waals surface area contributed by atoms with Crippen molar-refractivity contribution in [3.63, 3.8) is 0 Å². The maximum Gasteiger partial charge on any atom is 0.422 e. The SMILES string of the molecule is Cc1nc(C2(C)COC(c3cc(OCC(F)(F)F)c(C4CC4)cn3)=N2)no1. The third kappa shape index (κ3) is 3.74. The van der Waals surface area contributed by atoms with Crippen LogP contribution in [0.5, 0.6) is 5.75 Å². The number of ether oxygens (including phenoxy) is 2. The van der Waals surface area contributed by atoms with Crippen molar-refractivity contribution in [2.75, 3.05) is 13.2 Å². The Labute approximate surface area is 152 Å². The Bertz CT molecular complexity index is 892. The lowest BCUT2D eigenvalue weighted by Gasteiger charge is -2.13. The fraction of sp³-hybridized carbons (Fsp3) is 0.529. The molecule has 0 bridgehead atoms. The molecule has 0 N–H and O–H groups in total. The highest BCUT2D eigenvalue weighted by molar-refractivity contribution is 5.94. The van der Waals surface area contributed by atoms with Gasteiger partial charge in [-0.3, -0.25) is 4.98 Å². The van der Waals surface area contributed by atoms with Crippen LogP contribution in [0.25, 0.3) is 0 Å². The maximum absolute atomic E-state index is 12.6. The summed E-state index contributed by atoms with van der Waals surface area (Å²) in [5, 5.41) is 3.87. The summed E-state index contributed by atoms with van der Waals surface area (Å²) in [4.78, 5) is 13.0. The van der Waals surface area contributed by atoms with Gasteiger partial charge in [-0.1, -0.05) is 5.16 Å². The molecule has 1 saturated carbocycles. The molecule has 27 heavy (non-hydrogen) atoms. The first-order valence-electron chi connectivity index (χ1n) is 8.47. The predicted octanol–water partition coefficient (Wildman–Crippen LogP) is 3.28. The van der Waals surface area contributed by atoms with Crippen LogP contribution < -0.4 is 4.74 Å². The summed E-state index contributed by atoms with van der Waals surface area (Å²) in [7, 11) is 0. The summed E-state index contributed by atoms with van der Waals surface area (Å²) in [6.07, 6.45) is -1.05. The van der Waals surface area contributed by atoms with Crippen LogP contribution in [0.15, 0.2) is 21.8 Å². The monoisotopic (exact) mass is 382 g/mol. The van der Waals surface area contributed by atoms with Gasteiger partial charge in [0, 0.05) is 24.8 Å². The summed E-state index contributed by atoms with van der Waals surface area (Å²) in [5.74, 6) is 1.34. The number of alkyl halides is 3. The lowest BCUT2D eigenvalue weighted by atomic mass is 10.1. The molecular formula is C17H17F3N4O3. The molecule has 1 aliphatic heterocycles. The topological polar surface area (TPSA) is 82.6 Å². The number of hydrogen-bond acceptors (Lipinski definition) is 7. The van der Waals surface area contributed by atoms with E-state index in [4.69, 9.17) is 14.0 Å². The molecule has 0 spiro atoms. The maximum atomic E-state index is 12.6. The minimum absolute atomic E-state index is 0.162.